The first-order valence-corrected chi connectivity index (χ1v) is 7.35. The Morgan fingerprint density at radius 1 is 1.38 bits per heavy atom. The van der Waals surface area contributed by atoms with Gasteiger partial charge in [-0.25, -0.2) is 0 Å². The van der Waals surface area contributed by atoms with Gasteiger partial charge < -0.3 is 9.64 Å². The van der Waals surface area contributed by atoms with Gasteiger partial charge in [0.15, 0.2) is 0 Å². The molecule has 5 nitrogen and oxygen atoms in total. The Balaban J connectivity index is 1.94. The maximum absolute atomic E-state index is 13.3. The van der Waals surface area contributed by atoms with E-state index in [0.717, 1.165) is 11.6 Å². The lowest BCUT2D eigenvalue weighted by atomic mass is 10.1. The molecule has 1 fully saturated rings. The van der Waals surface area contributed by atoms with Crippen LogP contribution in [0.3, 0.4) is 0 Å². The molecular weight excluding hydrogens is 321 g/mol. The minimum absolute atomic E-state index is 0.0127. The van der Waals surface area contributed by atoms with Gasteiger partial charge in [0, 0.05) is 31.9 Å². The molecule has 0 amide bonds. The van der Waals surface area contributed by atoms with Gasteiger partial charge in [-0.3, -0.25) is 4.68 Å². The highest BCUT2D eigenvalue weighted by Crippen LogP contribution is 2.38. The second kappa shape index (κ2) is 6.17. The van der Waals surface area contributed by atoms with Crippen molar-refractivity contribution in [3.63, 3.8) is 0 Å². The maximum atomic E-state index is 13.3. The predicted octanol–water partition coefficient (Wildman–Crippen LogP) is 2.89. The summed E-state index contributed by atoms with van der Waals surface area (Å²) in [5.74, 6) is 0. The quantitative estimate of drug-likeness (QED) is 0.846. The molecule has 126 valence electrons. The Morgan fingerprint density at radius 2 is 2.17 bits per heavy atom. The number of nitriles is 1. The van der Waals surface area contributed by atoms with E-state index in [1.165, 1.54) is 12.1 Å². The summed E-state index contributed by atoms with van der Waals surface area (Å²) in [6.07, 6.45) is -1.42. The van der Waals surface area contributed by atoms with E-state index >= 15 is 0 Å². The van der Waals surface area contributed by atoms with Crippen LogP contribution in [0.5, 0.6) is 0 Å². The monoisotopic (exact) mass is 336 g/mol. The topological polar surface area (TPSA) is 54.1 Å². The average Bonchev–Trinajstić information content (AvgIpc) is 3.00. The van der Waals surface area contributed by atoms with Crippen LogP contribution in [-0.2, 0) is 18.0 Å². The smallest absolute Gasteiger partial charge is 0.370 e. The number of alkyl halides is 3. The third-order valence-corrected chi connectivity index (χ3v) is 3.94. The highest BCUT2D eigenvalue weighted by atomic mass is 19.4. The van der Waals surface area contributed by atoms with E-state index in [4.69, 9.17) is 10.00 Å². The second-order valence-corrected chi connectivity index (χ2v) is 5.59. The van der Waals surface area contributed by atoms with Gasteiger partial charge in [-0.05, 0) is 18.2 Å². The van der Waals surface area contributed by atoms with Crippen molar-refractivity contribution in [2.75, 3.05) is 24.6 Å². The van der Waals surface area contributed by atoms with Crippen LogP contribution in [0.4, 0.5) is 18.9 Å². The summed E-state index contributed by atoms with van der Waals surface area (Å²) in [6.45, 7) is 0.895. The number of aryl methyl sites for hydroxylation is 1. The molecule has 1 aromatic carbocycles. The van der Waals surface area contributed by atoms with Crippen molar-refractivity contribution in [3.8, 4) is 6.07 Å². The number of hydrogen-bond donors (Lipinski definition) is 0. The van der Waals surface area contributed by atoms with Crippen molar-refractivity contribution in [1.82, 2.24) is 9.78 Å². The lowest BCUT2D eigenvalue weighted by Gasteiger charge is -2.35. The van der Waals surface area contributed by atoms with Gasteiger partial charge in [-0.2, -0.15) is 23.5 Å². The van der Waals surface area contributed by atoms with Crippen LogP contribution < -0.4 is 4.90 Å². The number of rotatable bonds is 2. The molecule has 0 aliphatic carbocycles. The SMILES string of the molecule is Cn1cc([C@H]2CN(c3cc(C#N)ccc3C(F)(F)F)CCO2)cn1. The van der Waals surface area contributed by atoms with Crippen LogP contribution in [0.2, 0.25) is 0 Å². The van der Waals surface area contributed by atoms with E-state index in [-0.39, 0.29) is 23.9 Å². The highest BCUT2D eigenvalue weighted by molar-refractivity contribution is 5.59. The van der Waals surface area contributed by atoms with E-state index < -0.39 is 11.7 Å². The number of hydrogen-bond acceptors (Lipinski definition) is 4. The summed E-state index contributed by atoms with van der Waals surface area (Å²) in [5.41, 5.74) is 0.279. The molecule has 1 aliphatic heterocycles. The number of morpholine rings is 1. The van der Waals surface area contributed by atoms with Crippen LogP contribution in [0, 0.1) is 11.3 Å². The molecule has 2 aromatic rings. The number of nitrogens with zero attached hydrogens (tertiary/aromatic N) is 4. The Labute approximate surface area is 136 Å². The summed E-state index contributed by atoms with van der Waals surface area (Å²) in [5, 5.41) is 13.1. The van der Waals surface area contributed by atoms with Gasteiger partial charge in [0.2, 0.25) is 0 Å². The van der Waals surface area contributed by atoms with E-state index in [1.807, 2.05) is 6.07 Å². The average molecular weight is 336 g/mol. The first-order valence-electron chi connectivity index (χ1n) is 7.35. The lowest BCUT2D eigenvalue weighted by Crippen LogP contribution is -2.39. The molecule has 1 saturated heterocycles. The van der Waals surface area contributed by atoms with Crippen LogP contribution >= 0.6 is 0 Å². The first kappa shape index (κ1) is 16.3. The van der Waals surface area contributed by atoms with E-state index in [2.05, 4.69) is 5.10 Å². The maximum Gasteiger partial charge on any atom is 0.418 e. The summed E-state index contributed by atoms with van der Waals surface area (Å²) < 4.78 is 47.2. The molecule has 0 radical (unpaired) electrons. The van der Waals surface area contributed by atoms with Gasteiger partial charge in [0.05, 0.1) is 35.7 Å². The third-order valence-electron chi connectivity index (χ3n) is 3.94. The molecule has 1 atom stereocenters. The summed E-state index contributed by atoms with van der Waals surface area (Å²) >= 11 is 0. The predicted molar refractivity (Wildman–Crippen MR) is 80.3 cm³/mol. The molecule has 0 spiro atoms. The van der Waals surface area contributed by atoms with Crippen molar-refractivity contribution in [2.24, 2.45) is 7.05 Å². The molecule has 8 heteroatoms. The zero-order chi connectivity index (χ0) is 17.3. The van der Waals surface area contributed by atoms with Crippen molar-refractivity contribution >= 4 is 5.69 Å². The summed E-state index contributed by atoms with van der Waals surface area (Å²) in [6, 6.07) is 5.33. The first-order chi connectivity index (χ1) is 11.4. The molecule has 0 saturated carbocycles. The zero-order valence-corrected chi connectivity index (χ0v) is 12.9. The van der Waals surface area contributed by atoms with Crippen LogP contribution in [0.15, 0.2) is 30.6 Å². The fourth-order valence-corrected chi connectivity index (χ4v) is 2.78. The third kappa shape index (κ3) is 3.21. The molecule has 3 rings (SSSR count). The zero-order valence-electron chi connectivity index (χ0n) is 12.9. The molecule has 1 aromatic heterocycles. The normalized spacial score (nSPS) is 18.5. The van der Waals surface area contributed by atoms with Gasteiger partial charge in [0.25, 0.3) is 0 Å². The van der Waals surface area contributed by atoms with Gasteiger partial charge in [-0.15, -0.1) is 0 Å². The van der Waals surface area contributed by atoms with Gasteiger partial charge in [-0.1, -0.05) is 0 Å². The molecule has 24 heavy (non-hydrogen) atoms. The Morgan fingerprint density at radius 3 is 2.79 bits per heavy atom. The van der Waals surface area contributed by atoms with Crippen molar-refractivity contribution in [2.45, 2.75) is 12.3 Å². The summed E-state index contributed by atoms with van der Waals surface area (Å²) in [7, 11) is 1.77. The van der Waals surface area contributed by atoms with Crippen LogP contribution in [0.1, 0.15) is 22.8 Å². The molecule has 1 aliphatic rings. The number of benzene rings is 1. The number of anilines is 1. The fourth-order valence-electron chi connectivity index (χ4n) is 2.78. The molecule has 0 N–H and O–H groups in total. The summed E-state index contributed by atoms with van der Waals surface area (Å²) in [4.78, 5) is 1.62. The van der Waals surface area contributed by atoms with Crippen molar-refractivity contribution < 1.29 is 17.9 Å². The van der Waals surface area contributed by atoms with E-state index in [9.17, 15) is 13.2 Å². The van der Waals surface area contributed by atoms with Crippen molar-refractivity contribution in [1.29, 1.82) is 5.26 Å². The lowest BCUT2D eigenvalue weighted by molar-refractivity contribution is -0.137. The van der Waals surface area contributed by atoms with E-state index in [0.29, 0.717) is 13.2 Å². The minimum Gasteiger partial charge on any atom is -0.370 e. The second-order valence-electron chi connectivity index (χ2n) is 5.59. The van der Waals surface area contributed by atoms with Crippen LogP contribution in [-0.4, -0.2) is 29.5 Å². The number of halogens is 3. The minimum atomic E-state index is -4.48. The number of ether oxygens (including phenoxy) is 1. The molecule has 2 heterocycles. The Kier molecular flexibility index (Phi) is 4.20. The standard InChI is InChI=1S/C16H15F3N4O/c1-22-9-12(8-21-22)15-10-23(4-5-24-15)14-6-11(7-20)2-3-13(14)16(17,18)19/h2-3,6,8-9,15H,4-5,10H2,1H3/t15-/m1/s1. The number of aromatic nitrogens is 2. The Hall–Kier alpha value is -2.53. The van der Waals surface area contributed by atoms with Gasteiger partial charge in [0.1, 0.15) is 6.10 Å². The van der Waals surface area contributed by atoms with Crippen LogP contribution in [0.25, 0.3) is 0 Å². The van der Waals surface area contributed by atoms with E-state index in [1.54, 1.807) is 29.0 Å². The Bertz CT molecular complexity index is 778. The highest BCUT2D eigenvalue weighted by Gasteiger charge is 2.36. The van der Waals surface area contributed by atoms with Crippen molar-refractivity contribution in [3.05, 3.63) is 47.3 Å². The largest absolute Gasteiger partial charge is 0.418 e. The molecular formula is C16H15F3N4O. The van der Waals surface area contributed by atoms with Gasteiger partial charge >= 0.3 is 6.18 Å². The fraction of sp³-hybridized carbons (Fsp3) is 0.375. The molecule has 0 unspecified atom stereocenters. The molecule has 0 bridgehead atoms.